The molecule has 1 aliphatic heterocycles. The van der Waals surface area contributed by atoms with Crippen LogP contribution in [0.4, 0.5) is 4.79 Å². The molecule has 1 unspecified atom stereocenters. The third-order valence-corrected chi connectivity index (χ3v) is 2.59. The fourth-order valence-electron chi connectivity index (χ4n) is 1.86. The number of carbonyl (C=O) groups is 2. The van der Waals surface area contributed by atoms with Crippen molar-refractivity contribution in [1.29, 1.82) is 0 Å². The van der Waals surface area contributed by atoms with Crippen LogP contribution in [0.15, 0.2) is 0 Å². The van der Waals surface area contributed by atoms with Gasteiger partial charge in [-0.05, 0) is 19.8 Å². The molecule has 0 radical (unpaired) electrons. The molecule has 86 valence electrons. The first-order valence-electron chi connectivity index (χ1n) is 5.39. The molecule has 2 amide bonds. The molecule has 1 aliphatic rings. The Hall–Kier alpha value is -1.26. The lowest BCUT2D eigenvalue weighted by Crippen LogP contribution is -2.47. The van der Waals surface area contributed by atoms with E-state index >= 15 is 0 Å². The Balaban J connectivity index is 2.69. The number of ether oxygens (including phenoxy) is 1. The zero-order valence-electron chi connectivity index (χ0n) is 9.07. The minimum Gasteiger partial charge on any atom is -0.464 e. The topological polar surface area (TPSA) is 72.6 Å². The first-order valence-corrected chi connectivity index (χ1v) is 5.39. The molecule has 0 aromatic carbocycles. The molecule has 1 saturated heterocycles. The second-order valence-electron chi connectivity index (χ2n) is 3.65. The molecular formula is C10H18N2O3. The maximum atomic E-state index is 11.6. The van der Waals surface area contributed by atoms with E-state index in [-0.39, 0.29) is 5.97 Å². The van der Waals surface area contributed by atoms with Crippen LogP contribution in [-0.2, 0) is 9.53 Å². The first-order chi connectivity index (χ1) is 7.16. The van der Waals surface area contributed by atoms with Crippen LogP contribution in [0.1, 0.15) is 32.6 Å². The predicted molar refractivity (Wildman–Crippen MR) is 55.2 cm³/mol. The van der Waals surface area contributed by atoms with Crippen LogP contribution in [0.2, 0.25) is 0 Å². The highest BCUT2D eigenvalue weighted by Crippen LogP contribution is 2.17. The lowest BCUT2D eigenvalue weighted by atomic mass is 10.1. The number of esters is 1. The SMILES string of the molecule is CCOC(=O)C1CCCCCN1C(N)=O. The average Bonchev–Trinajstić information content (AvgIpc) is 2.42. The molecule has 15 heavy (non-hydrogen) atoms. The van der Waals surface area contributed by atoms with Crippen molar-refractivity contribution in [3.63, 3.8) is 0 Å². The predicted octanol–water partition coefficient (Wildman–Crippen LogP) is 0.873. The molecule has 2 N–H and O–H groups in total. The molecule has 0 aromatic heterocycles. The summed E-state index contributed by atoms with van der Waals surface area (Å²) in [5.41, 5.74) is 5.24. The maximum Gasteiger partial charge on any atom is 0.328 e. The third-order valence-electron chi connectivity index (χ3n) is 2.59. The molecular weight excluding hydrogens is 196 g/mol. The van der Waals surface area contributed by atoms with Gasteiger partial charge in [-0.25, -0.2) is 9.59 Å². The van der Waals surface area contributed by atoms with Crippen molar-refractivity contribution in [2.24, 2.45) is 5.73 Å². The van der Waals surface area contributed by atoms with Crippen LogP contribution in [-0.4, -0.2) is 36.1 Å². The highest BCUT2D eigenvalue weighted by molar-refractivity contribution is 5.82. The number of hydrogen-bond acceptors (Lipinski definition) is 3. The van der Waals surface area contributed by atoms with Gasteiger partial charge < -0.3 is 15.4 Å². The van der Waals surface area contributed by atoms with Gasteiger partial charge in [0.25, 0.3) is 0 Å². The van der Waals surface area contributed by atoms with Crippen molar-refractivity contribution in [1.82, 2.24) is 4.90 Å². The monoisotopic (exact) mass is 214 g/mol. The molecule has 0 saturated carbocycles. The molecule has 5 heteroatoms. The van der Waals surface area contributed by atoms with E-state index in [0.29, 0.717) is 19.6 Å². The van der Waals surface area contributed by atoms with Crippen molar-refractivity contribution in [2.45, 2.75) is 38.6 Å². The Morgan fingerprint density at radius 1 is 1.40 bits per heavy atom. The lowest BCUT2D eigenvalue weighted by molar-refractivity contribution is -0.148. The zero-order chi connectivity index (χ0) is 11.3. The van der Waals surface area contributed by atoms with E-state index in [4.69, 9.17) is 10.5 Å². The fraction of sp³-hybridized carbons (Fsp3) is 0.800. The van der Waals surface area contributed by atoms with E-state index in [2.05, 4.69) is 0 Å². The van der Waals surface area contributed by atoms with Crippen molar-refractivity contribution in [2.75, 3.05) is 13.2 Å². The van der Waals surface area contributed by atoms with Crippen molar-refractivity contribution >= 4 is 12.0 Å². The van der Waals surface area contributed by atoms with Gasteiger partial charge in [0.15, 0.2) is 0 Å². The number of urea groups is 1. The molecule has 1 heterocycles. The number of nitrogens with zero attached hydrogens (tertiary/aromatic N) is 1. The Morgan fingerprint density at radius 3 is 2.73 bits per heavy atom. The zero-order valence-corrected chi connectivity index (χ0v) is 9.07. The quantitative estimate of drug-likeness (QED) is 0.693. The van der Waals surface area contributed by atoms with Gasteiger partial charge in [0.1, 0.15) is 6.04 Å². The van der Waals surface area contributed by atoms with Crippen molar-refractivity contribution < 1.29 is 14.3 Å². The molecule has 0 spiro atoms. The number of carbonyl (C=O) groups excluding carboxylic acids is 2. The largest absolute Gasteiger partial charge is 0.464 e. The normalized spacial score (nSPS) is 21.9. The summed E-state index contributed by atoms with van der Waals surface area (Å²) < 4.78 is 4.93. The first kappa shape index (κ1) is 11.8. The summed E-state index contributed by atoms with van der Waals surface area (Å²) in [5.74, 6) is -0.335. The van der Waals surface area contributed by atoms with Crippen LogP contribution >= 0.6 is 0 Å². The Bertz CT molecular complexity index is 243. The highest BCUT2D eigenvalue weighted by atomic mass is 16.5. The molecule has 5 nitrogen and oxygen atoms in total. The number of amides is 2. The van der Waals surface area contributed by atoms with Gasteiger partial charge in [0.05, 0.1) is 6.61 Å². The van der Waals surface area contributed by atoms with Crippen LogP contribution in [0.5, 0.6) is 0 Å². The van der Waals surface area contributed by atoms with E-state index in [9.17, 15) is 9.59 Å². The van der Waals surface area contributed by atoms with Crippen molar-refractivity contribution in [3.8, 4) is 0 Å². The standard InChI is InChI=1S/C10H18N2O3/c1-2-15-9(13)8-6-4-3-5-7-12(8)10(11)14/h8H,2-7H2,1H3,(H2,11,14). The molecule has 0 aromatic rings. The van der Waals surface area contributed by atoms with Gasteiger partial charge in [0.2, 0.25) is 0 Å². The number of primary amides is 1. The second kappa shape index (κ2) is 5.58. The Labute approximate surface area is 89.6 Å². The number of hydrogen-bond donors (Lipinski definition) is 1. The van der Waals surface area contributed by atoms with E-state index in [1.807, 2.05) is 0 Å². The van der Waals surface area contributed by atoms with Crippen LogP contribution in [0, 0.1) is 0 Å². The van der Waals surface area contributed by atoms with Gasteiger partial charge in [-0.3, -0.25) is 0 Å². The van der Waals surface area contributed by atoms with Crippen LogP contribution in [0.25, 0.3) is 0 Å². The van der Waals surface area contributed by atoms with Crippen LogP contribution in [0.3, 0.4) is 0 Å². The summed E-state index contributed by atoms with van der Waals surface area (Å²) in [6, 6.07) is -1.01. The average molecular weight is 214 g/mol. The maximum absolute atomic E-state index is 11.6. The van der Waals surface area contributed by atoms with Crippen molar-refractivity contribution in [3.05, 3.63) is 0 Å². The minimum atomic E-state index is -0.532. The number of likely N-dealkylation sites (tertiary alicyclic amines) is 1. The second-order valence-corrected chi connectivity index (χ2v) is 3.65. The van der Waals surface area contributed by atoms with Gasteiger partial charge in [0, 0.05) is 6.54 Å². The van der Waals surface area contributed by atoms with E-state index in [1.54, 1.807) is 6.92 Å². The van der Waals surface area contributed by atoms with E-state index in [0.717, 1.165) is 19.3 Å². The fourth-order valence-corrected chi connectivity index (χ4v) is 1.86. The summed E-state index contributed by atoms with van der Waals surface area (Å²) >= 11 is 0. The summed E-state index contributed by atoms with van der Waals surface area (Å²) in [6.45, 7) is 2.64. The smallest absolute Gasteiger partial charge is 0.328 e. The van der Waals surface area contributed by atoms with Gasteiger partial charge in [-0.15, -0.1) is 0 Å². The van der Waals surface area contributed by atoms with Gasteiger partial charge in [-0.1, -0.05) is 12.8 Å². The molecule has 1 fully saturated rings. The Morgan fingerprint density at radius 2 is 2.13 bits per heavy atom. The van der Waals surface area contributed by atoms with Gasteiger partial charge >= 0.3 is 12.0 Å². The van der Waals surface area contributed by atoms with Gasteiger partial charge in [-0.2, -0.15) is 0 Å². The summed E-state index contributed by atoms with van der Waals surface area (Å²) in [4.78, 5) is 24.2. The number of nitrogens with two attached hydrogens (primary N) is 1. The summed E-state index contributed by atoms with van der Waals surface area (Å²) in [6.07, 6.45) is 3.52. The number of rotatable bonds is 2. The molecule has 0 aliphatic carbocycles. The molecule has 0 bridgehead atoms. The molecule has 1 rings (SSSR count). The summed E-state index contributed by atoms with van der Waals surface area (Å²) in [7, 11) is 0. The molecule has 1 atom stereocenters. The third kappa shape index (κ3) is 3.11. The van der Waals surface area contributed by atoms with E-state index < -0.39 is 12.1 Å². The van der Waals surface area contributed by atoms with Crippen LogP contribution < -0.4 is 5.73 Å². The Kier molecular flexibility index (Phi) is 4.39. The minimum absolute atomic E-state index is 0.335. The summed E-state index contributed by atoms with van der Waals surface area (Å²) in [5, 5.41) is 0. The highest BCUT2D eigenvalue weighted by Gasteiger charge is 2.30. The lowest BCUT2D eigenvalue weighted by Gasteiger charge is -2.26. The van der Waals surface area contributed by atoms with E-state index in [1.165, 1.54) is 4.90 Å².